The van der Waals surface area contributed by atoms with Gasteiger partial charge in [-0.3, -0.25) is 0 Å². The van der Waals surface area contributed by atoms with E-state index >= 15 is 0 Å². The van der Waals surface area contributed by atoms with Crippen LogP contribution in [-0.2, 0) is 9.16 Å². The van der Waals surface area contributed by atoms with Gasteiger partial charge in [-0.15, -0.1) is 0 Å². The number of ether oxygens (including phenoxy) is 1. The van der Waals surface area contributed by atoms with Crippen LogP contribution in [0.15, 0.2) is 0 Å². The number of aliphatic hydroxyl groups excluding tert-OH is 3. The fraction of sp³-hybridized carbons (Fsp3) is 1.00. The average molecular weight is 264 g/mol. The molecule has 1 saturated heterocycles. The minimum absolute atomic E-state index is 0.0772. The molecule has 0 saturated carbocycles. The Kier molecular flexibility index (Phi) is 4.39. The SMILES string of the molecule is CC(C)(C)[Si](C)(C)OC[C@H]1O[C@H](O)[C@H](O)[C@@H]1O. The molecule has 102 valence electrons. The lowest BCUT2D eigenvalue weighted by molar-refractivity contribution is -0.132. The molecule has 1 heterocycles. The standard InChI is InChI=1S/C11H24O5Si/c1-11(2,3)17(4,5)15-6-7-8(12)9(13)10(14)16-7/h7-10,12-14H,6H2,1-5H3/t7-,8-,9-,10+/m1/s1. The first-order chi connectivity index (χ1) is 7.56. The summed E-state index contributed by atoms with van der Waals surface area (Å²) in [6, 6.07) is 0. The highest BCUT2D eigenvalue weighted by atomic mass is 28.4. The molecule has 0 aromatic rings. The third-order valence-electron chi connectivity index (χ3n) is 3.75. The van der Waals surface area contributed by atoms with Gasteiger partial charge in [0.15, 0.2) is 14.6 Å². The molecular formula is C11H24O5Si. The molecule has 0 unspecified atom stereocenters. The lowest BCUT2D eigenvalue weighted by Crippen LogP contribution is -2.44. The van der Waals surface area contributed by atoms with Gasteiger partial charge in [0, 0.05) is 0 Å². The van der Waals surface area contributed by atoms with Crippen molar-refractivity contribution in [1.82, 2.24) is 0 Å². The molecule has 0 radical (unpaired) electrons. The minimum atomic E-state index is -1.90. The zero-order valence-corrected chi connectivity index (χ0v) is 12.2. The van der Waals surface area contributed by atoms with Crippen molar-refractivity contribution in [2.45, 2.75) is 63.5 Å². The largest absolute Gasteiger partial charge is 0.414 e. The maximum absolute atomic E-state index is 9.63. The second-order valence-electron chi connectivity index (χ2n) is 6.12. The summed E-state index contributed by atoms with van der Waals surface area (Å²) in [5.74, 6) is 0. The number of hydrogen-bond acceptors (Lipinski definition) is 5. The third kappa shape index (κ3) is 3.27. The van der Waals surface area contributed by atoms with Gasteiger partial charge in [0.1, 0.15) is 18.3 Å². The molecule has 0 aliphatic carbocycles. The number of aliphatic hydroxyl groups is 3. The predicted molar refractivity (Wildman–Crippen MR) is 66.0 cm³/mol. The molecule has 1 rings (SSSR count). The van der Waals surface area contributed by atoms with Crippen LogP contribution in [-0.4, -0.2) is 54.8 Å². The van der Waals surface area contributed by atoms with Gasteiger partial charge in [0.25, 0.3) is 0 Å². The third-order valence-corrected chi connectivity index (χ3v) is 8.25. The maximum atomic E-state index is 9.63. The van der Waals surface area contributed by atoms with E-state index in [1.807, 2.05) is 0 Å². The van der Waals surface area contributed by atoms with E-state index in [0.717, 1.165) is 0 Å². The van der Waals surface area contributed by atoms with Crippen LogP contribution in [0.1, 0.15) is 20.8 Å². The quantitative estimate of drug-likeness (QED) is 0.645. The highest BCUT2D eigenvalue weighted by Crippen LogP contribution is 2.37. The topological polar surface area (TPSA) is 79.2 Å². The van der Waals surface area contributed by atoms with Crippen LogP contribution in [0.5, 0.6) is 0 Å². The molecule has 6 heteroatoms. The Bertz CT molecular complexity index is 263. The molecular weight excluding hydrogens is 240 g/mol. The first-order valence-electron chi connectivity index (χ1n) is 5.90. The van der Waals surface area contributed by atoms with Gasteiger partial charge in [-0.25, -0.2) is 0 Å². The summed E-state index contributed by atoms with van der Waals surface area (Å²) in [6.45, 7) is 10.8. The second-order valence-corrected chi connectivity index (χ2v) is 10.9. The summed E-state index contributed by atoms with van der Waals surface area (Å²) in [6.07, 6.45) is -4.31. The Morgan fingerprint density at radius 1 is 1.12 bits per heavy atom. The summed E-state index contributed by atoms with van der Waals surface area (Å²) in [7, 11) is -1.90. The minimum Gasteiger partial charge on any atom is -0.414 e. The van der Waals surface area contributed by atoms with E-state index in [2.05, 4.69) is 33.9 Å². The molecule has 1 aliphatic rings. The van der Waals surface area contributed by atoms with Gasteiger partial charge < -0.3 is 24.5 Å². The Hall–Kier alpha value is 0.0169. The zero-order chi connectivity index (χ0) is 13.4. The van der Waals surface area contributed by atoms with Crippen LogP contribution in [0, 0.1) is 0 Å². The molecule has 1 fully saturated rings. The summed E-state index contributed by atoms with van der Waals surface area (Å²) in [4.78, 5) is 0. The lowest BCUT2D eigenvalue weighted by atomic mass is 10.1. The van der Waals surface area contributed by atoms with Gasteiger partial charge in [-0.05, 0) is 18.1 Å². The lowest BCUT2D eigenvalue weighted by Gasteiger charge is -2.37. The van der Waals surface area contributed by atoms with Crippen molar-refractivity contribution in [3.8, 4) is 0 Å². The molecule has 5 nitrogen and oxygen atoms in total. The molecule has 0 amide bonds. The molecule has 17 heavy (non-hydrogen) atoms. The van der Waals surface area contributed by atoms with E-state index in [4.69, 9.17) is 9.16 Å². The average Bonchev–Trinajstić information content (AvgIpc) is 2.41. The van der Waals surface area contributed by atoms with Gasteiger partial charge in [0.2, 0.25) is 0 Å². The maximum Gasteiger partial charge on any atom is 0.192 e. The van der Waals surface area contributed by atoms with Crippen LogP contribution in [0.2, 0.25) is 18.1 Å². The van der Waals surface area contributed by atoms with Gasteiger partial charge in [-0.1, -0.05) is 20.8 Å². The number of rotatable bonds is 3. The zero-order valence-electron chi connectivity index (χ0n) is 11.2. The Balaban J connectivity index is 2.53. The van der Waals surface area contributed by atoms with Crippen molar-refractivity contribution in [1.29, 1.82) is 0 Å². The van der Waals surface area contributed by atoms with Crippen molar-refractivity contribution in [3.63, 3.8) is 0 Å². The van der Waals surface area contributed by atoms with E-state index in [1.165, 1.54) is 0 Å². The van der Waals surface area contributed by atoms with Crippen LogP contribution < -0.4 is 0 Å². The molecule has 0 spiro atoms. The molecule has 4 atom stereocenters. The molecule has 3 N–H and O–H groups in total. The monoisotopic (exact) mass is 264 g/mol. The van der Waals surface area contributed by atoms with Crippen LogP contribution >= 0.6 is 0 Å². The van der Waals surface area contributed by atoms with Crippen molar-refractivity contribution < 1.29 is 24.5 Å². The molecule has 0 aromatic carbocycles. The number of hydrogen-bond donors (Lipinski definition) is 3. The highest BCUT2D eigenvalue weighted by molar-refractivity contribution is 6.74. The van der Waals surface area contributed by atoms with E-state index in [0.29, 0.717) is 0 Å². The van der Waals surface area contributed by atoms with E-state index in [1.54, 1.807) is 0 Å². The van der Waals surface area contributed by atoms with Crippen molar-refractivity contribution in [3.05, 3.63) is 0 Å². The predicted octanol–water partition coefficient (Wildman–Crippen LogP) is 0.447. The van der Waals surface area contributed by atoms with Crippen LogP contribution in [0.4, 0.5) is 0 Å². The molecule has 0 bridgehead atoms. The van der Waals surface area contributed by atoms with E-state index in [9.17, 15) is 15.3 Å². The van der Waals surface area contributed by atoms with E-state index < -0.39 is 32.9 Å². The first-order valence-corrected chi connectivity index (χ1v) is 8.81. The van der Waals surface area contributed by atoms with Crippen molar-refractivity contribution >= 4 is 8.32 Å². The Labute approximate surface area is 103 Å². The van der Waals surface area contributed by atoms with Gasteiger partial charge in [0.05, 0.1) is 6.61 Å². The van der Waals surface area contributed by atoms with Gasteiger partial charge in [-0.2, -0.15) is 0 Å². The summed E-state index contributed by atoms with van der Waals surface area (Å²) in [5.41, 5.74) is 0. The van der Waals surface area contributed by atoms with Crippen LogP contribution in [0.25, 0.3) is 0 Å². The normalized spacial score (nSPS) is 35.3. The van der Waals surface area contributed by atoms with E-state index in [-0.39, 0.29) is 11.6 Å². The van der Waals surface area contributed by atoms with Crippen LogP contribution in [0.3, 0.4) is 0 Å². The Morgan fingerprint density at radius 2 is 1.65 bits per heavy atom. The van der Waals surface area contributed by atoms with Gasteiger partial charge >= 0.3 is 0 Å². The summed E-state index contributed by atoms with van der Waals surface area (Å²) in [5, 5.41) is 28.3. The van der Waals surface area contributed by atoms with Crippen molar-refractivity contribution in [2.24, 2.45) is 0 Å². The highest BCUT2D eigenvalue weighted by Gasteiger charge is 2.44. The fourth-order valence-corrected chi connectivity index (χ4v) is 2.39. The smallest absolute Gasteiger partial charge is 0.192 e. The molecule has 0 aromatic heterocycles. The second kappa shape index (κ2) is 4.95. The van der Waals surface area contributed by atoms with Crippen molar-refractivity contribution in [2.75, 3.05) is 6.61 Å². The Morgan fingerprint density at radius 3 is 2.00 bits per heavy atom. The molecule has 1 aliphatic heterocycles. The summed E-state index contributed by atoms with van der Waals surface area (Å²) < 4.78 is 10.9. The first kappa shape index (κ1) is 15.1. The fourth-order valence-electron chi connectivity index (χ4n) is 1.37. The summed E-state index contributed by atoms with van der Waals surface area (Å²) >= 11 is 0.